The molecule has 2 heterocycles. The predicted molar refractivity (Wildman–Crippen MR) is 78.4 cm³/mol. The first-order valence-electron chi connectivity index (χ1n) is 7.05. The van der Waals surface area contributed by atoms with Crippen molar-refractivity contribution in [2.24, 2.45) is 0 Å². The molecule has 0 saturated heterocycles. The van der Waals surface area contributed by atoms with Crippen molar-refractivity contribution in [3.63, 3.8) is 0 Å². The largest absolute Gasteiger partial charge is 0.493 e. The van der Waals surface area contributed by atoms with Crippen LogP contribution in [0.3, 0.4) is 0 Å². The molecule has 0 bridgehead atoms. The average molecular weight is 275 g/mol. The van der Waals surface area contributed by atoms with E-state index in [1.165, 1.54) is 0 Å². The summed E-state index contributed by atoms with van der Waals surface area (Å²) in [4.78, 5) is 16.9. The van der Waals surface area contributed by atoms with Gasteiger partial charge in [-0.1, -0.05) is 20.3 Å². The van der Waals surface area contributed by atoms with Crippen LogP contribution in [0.5, 0.6) is 5.75 Å². The molecular weight excluding hydrogens is 254 g/mol. The molecule has 108 valence electrons. The Bertz CT molecular complexity index is 604. The number of imidazole rings is 1. The van der Waals surface area contributed by atoms with E-state index in [2.05, 4.69) is 17.2 Å². The van der Waals surface area contributed by atoms with Gasteiger partial charge >= 0.3 is 0 Å². The molecule has 0 aliphatic carbocycles. The predicted octanol–water partition coefficient (Wildman–Crippen LogP) is 2.44. The molecule has 1 N–H and O–H groups in total. The molecule has 0 radical (unpaired) electrons. The Morgan fingerprint density at radius 2 is 2.25 bits per heavy atom. The molecule has 2 rings (SSSR count). The van der Waals surface area contributed by atoms with Crippen molar-refractivity contribution in [3.8, 4) is 5.75 Å². The van der Waals surface area contributed by atoms with Crippen LogP contribution in [0.25, 0.3) is 5.65 Å². The maximum Gasteiger partial charge on any atom is 0.270 e. The van der Waals surface area contributed by atoms with E-state index in [-0.39, 0.29) is 5.91 Å². The van der Waals surface area contributed by atoms with Crippen LogP contribution in [0.1, 0.15) is 42.9 Å². The first-order valence-corrected chi connectivity index (χ1v) is 7.05. The van der Waals surface area contributed by atoms with E-state index in [1.807, 2.05) is 25.3 Å². The number of hydrogen-bond donors (Lipinski definition) is 1. The fourth-order valence-corrected chi connectivity index (χ4v) is 2.20. The highest BCUT2D eigenvalue weighted by Crippen LogP contribution is 2.22. The van der Waals surface area contributed by atoms with Gasteiger partial charge in [0, 0.05) is 12.7 Å². The molecule has 0 unspecified atom stereocenters. The molecule has 0 fully saturated rings. The number of carbonyl (C=O) groups is 1. The number of aryl methyl sites for hydroxylation is 1. The molecule has 2 aromatic heterocycles. The number of fused-ring (bicyclic) bond motifs is 1. The zero-order chi connectivity index (χ0) is 14.5. The second-order valence-electron chi connectivity index (χ2n) is 4.64. The maximum atomic E-state index is 12.4. The summed E-state index contributed by atoms with van der Waals surface area (Å²) in [5, 5.41) is 2.95. The first kappa shape index (κ1) is 14.4. The van der Waals surface area contributed by atoms with Gasteiger partial charge in [-0.05, 0) is 25.0 Å². The van der Waals surface area contributed by atoms with Crippen LogP contribution < -0.4 is 10.1 Å². The minimum Gasteiger partial charge on any atom is -0.493 e. The number of rotatable bonds is 6. The number of nitrogens with zero attached hydrogens (tertiary/aromatic N) is 2. The third-order valence-electron chi connectivity index (χ3n) is 3.27. The SMILES string of the molecule is CCCCNC(=O)c1c(CC)nc2c(OC)cccn12. The van der Waals surface area contributed by atoms with Gasteiger partial charge in [0.05, 0.1) is 12.8 Å². The first-order chi connectivity index (χ1) is 9.72. The van der Waals surface area contributed by atoms with Gasteiger partial charge in [-0.25, -0.2) is 4.98 Å². The third-order valence-corrected chi connectivity index (χ3v) is 3.27. The van der Waals surface area contributed by atoms with Crippen LogP contribution in [0.4, 0.5) is 0 Å². The number of hydrogen-bond acceptors (Lipinski definition) is 3. The summed E-state index contributed by atoms with van der Waals surface area (Å²) in [5.74, 6) is 0.603. The van der Waals surface area contributed by atoms with E-state index in [9.17, 15) is 4.79 Å². The van der Waals surface area contributed by atoms with E-state index in [4.69, 9.17) is 4.74 Å². The summed E-state index contributed by atoms with van der Waals surface area (Å²) in [5.41, 5.74) is 2.09. The van der Waals surface area contributed by atoms with Crippen LogP contribution in [-0.2, 0) is 6.42 Å². The Hall–Kier alpha value is -2.04. The number of methoxy groups -OCH3 is 1. The molecule has 2 aromatic rings. The van der Waals surface area contributed by atoms with Crippen LogP contribution in [0, 0.1) is 0 Å². The molecule has 1 amide bonds. The summed E-state index contributed by atoms with van der Waals surface area (Å²) in [6, 6.07) is 3.70. The lowest BCUT2D eigenvalue weighted by atomic mass is 10.2. The zero-order valence-corrected chi connectivity index (χ0v) is 12.3. The normalized spacial score (nSPS) is 10.8. The number of unbranched alkanes of at least 4 members (excludes halogenated alkanes) is 1. The second-order valence-corrected chi connectivity index (χ2v) is 4.64. The minimum absolute atomic E-state index is 0.0731. The highest BCUT2D eigenvalue weighted by atomic mass is 16.5. The lowest BCUT2D eigenvalue weighted by Crippen LogP contribution is -2.26. The number of carbonyl (C=O) groups excluding carboxylic acids is 1. The van der Waals surface area contributed by atoms with Crippen molar-refractivity contribution < 1.29 is 9.53 Å². The van der Waals surface area contributed by atoms with E-state index >= 15 is 0 Å². The number of pyridine rings is 1. The Labute approximate surface area is 119 Å². The minimum atomic E-state index is -0.0731. The van der Waals surface area contributed by atoms with Crippen molar-refractivity contribution in [2.75, 3.05) is 13.7 Å². The molecule has 0 aliphatic rings. The van der Waals surface area contributed by atoms with Crippen molar-refractivity contribution in [2.45, 2.75) is 33.1 Å². The van der Waals surface area contributed by atoms with Crippen molar-refractivity contribution in [1.82, 2.24) is 14.7 Å². The second kappa shape index (κ2) is 6.41. The van der Waals surface area contributed by atoms with Crippen LogP contribution in [-0.4, -0.2) is 28.9 Å². The lowest BCUT2D eigenvalue weighted by molar-refractivity contribution is 0.0946. The topological polar surface area (TPSA) is 55.6 Å². The average Bonchev–Trinajstić information content (AvgIpc) is 2.85. The Balaban J connectivity index is 2.43. The Morgan fingerprint density at radius 3 is 2.90 bits per heavy atom. The van der Waals surface area contributed by atoms with Crippen LogP contribution in [0.2, 0.25) is 0 Å². The molecule has 0 spiro atoms. The molecule has 5 nitrogen and oxygen atoms in total. The third kappa shape index (κ3) is 2.61. The van der Waals surface area contributed by atoms with E-state index < -0.39 is 0 Å². The zero-order valence-electron chi connectivity index (χ0n) is 12.3. The van der Waals surface area contributed by atoms with Gasteiger partial charge in [-0.15, -0.1) is 0 Å². The van der Waals surface area contributed by atoms with Crippen LogP contribution in [0.15, 0.2) is 18.3 Å². The molecule has 20 heavy (non-hydrogen) atoms. The van der Waals surface area contributed by atoms with Crippen molar-refractivity contribution in [3.05, 3.63) is 29.7 Å². The van der Waals surface area contributed by atoms with Gasteiger partial charge < -0.3 is 10.1 Å². The van der Waals surface area contributed by atoms with E-state index in [0.717, 1.165) is 18.5 Å². The summed E-state index contributed by atoms with van der Waals surface area (Å²) in [6.45, 7) is 4.79. The van der Waals surface area contributed by atoms with Gasteiger partial charge in [-0.2, -0.15) is 0 Å². The molecule has 0 atom stereocenters. The summed E-state index contributed by atoms with van der Waals surface area (Å²) in [6.07, 6.45) is 4.59. The molecule has 0 saturated carbocycles. The fraction of sp³-hybridized carbons (Fsp3) is 0.467. The van der Waals surface area contributed by atoms with Gasteiger partial charge in [-0.3, -0.25) is 9.20 Å². The number of nitrogens with one attached hydrogen (secondary N) is 1. The summed E-state index contributed by atoms with van der Waals surface area (Å²) in [7, 11) is 1.61. The van der Waals surface area contributed by atoms with E-state index in [1.54, 1.807) is 11.5 Å². The van der Waals surface area contributed by atoms with Crippen molar-refractivity contribution in [1.29, 1.82) is 0 Å². The molecule has 5 heteroatoms. The number of amides is 1. The van der Waals surface area contributed by atoms with Gasteiger partial charge in [0.15, 0.2) is 11.4 Å². The molecular formula is C15H21N3O2. The lowest BCUT2D eigenvalue weighted by Gasteiger charge is -2.06. The monoisotopic (exact) mass is 275 g/mol. The number of ether oxygens (including phenoxy) is 1. The fourth-order valence-electron chi connectivity index (χ4n) is 2.20. The molecule has 0 aromatic carbocycles. The molecule has 0 aliphatic heterocycles. The van der Waals surface area contributed by atoms with Gasteiger partial charge in [0.25, 0.3) is 5.91 Å². The van der Waals surface area contributed by atoms with Crippen molar-refractivity contribution >= 4 is 11.6 Å². The quantitative estimate of drug-likeness (QED) is 0.824. The Kier molecular flexibility index (Phi) is 4.61. The van der Waals surface area contributed by atoms with Gasteiger partial charge in [0.1, 0.15) is 5.69 Å². The summed E-state index contributed by atoms with van der Waals surface area (Å²) >= 11 is 0. The van der Waals surface area contributed by atoms with Crippen LogP contribution >= 0.6 is 0 Å². The number of aromatic nitrogens is 2. The standard InChI is InChI=1S/C15H21N3O2/c1-4-6-9-16-15(19)13-11(5-2)17-14-12(20-3)8-7-10-18(13)14/h7-8,10H,4-6,9H2,1-3H3,(H,16,19). The maximum absolute atomic E-state index is 12.4. The highest BCUT2D eigenvalue weighted by molar-refractivity contribution is 5.95. The van der Waals surface area contributed by atoms with E-state index in [0.29, 0.717) is 30.1 Å². The highest BCUT2D eigenvalue weighted by Gasteiger charge is 2.19. The smallest absolute Gasteiger partial charge is 0.270 e. The van der Waals surface area contributed by atoms with Gasteiger partial charge in [0.2, 0.25) is 0 Å². The Morgan fingerprint density at radius 1 is 1.45 bits per heavy atom. The summed E-state index contributed by atoms with van der Waals surface area (Å²) < 4.78 is 7.11.